The van der Waals surface area contributed by atoms with Crippen LogP contribution < -0.4 is 22.3 Å². The SMILES string of the molecule is NCCCCCCNC(=O)/C=C/c1cn([C@H]2C=C[C@@H](CO)O2)c(=O)[nH]c1=O. The van der Waals surface area contributed by atoms with E-state index < -0.39 is 23.6 Å². The molecule has 2 atom stereocenters. The topological polar surface area (TPSA) is 139 Å². The van der Waals surface area contributed by atoms with E-state index in [1.807, 2.05) is 0 Å². The molecule has 0 saturated heterocycles. The van der Waals surface area contributed by atoms with E-state index >= 15 is 0 Å². The number of unbranched alkanes of at least 4 members (excludes halogenated alkanes) is 3. The fraction of sp³-hybridized carbons (Fsp3) is 0.500. The number of amides is 1. The van der Waals surface area contributed by atoms with Gasteiger partial charge in [0.2, 0.25) is 5.91 Å². The number of aromatic amines is 1. The highest BCUT2D eigenvalue weighted by molar-refractivity contribution is 5.91. The largest absolute Gasteiger partial charge is 0.393 e. The van der Waals surface area contributed by atoms with E-state index in [2.05, 4.69) is 10.3 Å². The molecule has 0 radical (unpaired) electrons. The maximum Gasteiger partial charge on any atom is 0.330 e. The van der Waals surface area contributed by atoms with Gasteiger partial charge in [0.1, 0.15) is 6.10 Å². The number of ether oxygens (including phenoxy) is 1. The summed E-state index contributed by atoms with van der Waals surface area (Å²) < 4.78 is 6.66. The molecule has 0 fully saturated rings. The summed E-state index contributed by atoms with van der Waals surface area (Å²) >= 11 is 0. The molecule has 5 N–H and O–H groups in total. The standard InChI is InChI=1S/C18H26N4O5/c19-9-3-1-2-4-10-20-15(24)7-5-13-11-22(18(26)21-17(13)25)16-8-6-14(12-23)27-16/h5-8,11,14,16,23H,1-4,9-10,12,19H2,(H,20,24)(H,21,25,26)/b7-5+/t14-,16+/m0/s1. The number of H-pyrrole nitrogens is 1. The van der Waals surface area contributed by atoms with E-state index in [0.717, 1.165) is 25.7 Å². The van der Waals surface area contributed by atoms with Gasteiger partial charge in [-0.3, -0.25) is 19.1 Å². The van der Waals surface area contributed by atoms with Crippen LogP contribution in [0.3, 0.4) is 0 Å². The maximum atomic E-state index is 12.0. The van der Waals surface area contributed by atoms with E-state index in [0.29, 0.717) is 13.1 Å². The van der Waals surface area contributed by atoms with Gasteiger partial charge in [0.15, 0.2) is 6.23 Å². The van der Waals surface area contributed by atoms with E-state index in [9.17, 15) is 14.4 Å². The third-order valence-corrected chi connectivity index (χ3v) is 4.10. The quantitative estimate of drug-likeness (QED) is 0.249. The molecule has 1 amide bonds. The summed E-state index contributed by atoms with van der Waals surface area (Å²) in [5.74, 6) is -0.316. The lowest BCUT2D eigenvalue weighted by Crippen LogP contribution is -2.33. The molecule has 0 bridgehead atoms. The van der Waals surface area contributed by atoms with Crippen molar-refractivity contribution in [2.75, 3.05) is 19.7 Å². The van der Waals surface area contributed by atoms with Gasteiger partial charge in [-0.25, -0.2) is 4.79 Å². The smallest absolute Gasteiger partial charge is 0.330 e. The van der Waals surface area contributed by atoms with E-state index in [1.165, 1.54) is 22.9 Å². The summed E-state index contributed by atoms with van der Waals surface area (Å²) in [5.41, 5.74) is 4.34. The zero-order valence-electron chi connectivity index (χ0n) is 15.1. The molecule has 1 aromatic rings. The number of aromatic nitrogens is 2. The molecule has 0 aliphatic carbocycles. The number of carbonyl (C=O) groups is 1. The Morgan fingerprint density at radius 1 is 1.30 bits per heavy atom. The van der Waals surface area contributed by atoms with Crippen LogP contribution in [0.5, 0.6) is 0 Å². The molecule has 2 rings (SSSR count). The van der Waals surface area contributed by atoms with Crippen molar-refractivity contribution in [1.82, 2.24) is 14.9 Å². The van der Waals surface area contributed by atoms with Crippen LogP contribution in [0.2, 0.25) is 0 Å². The first-order valence-corrected chi connectivity index (χ1v) is 9.01. The van der Waals surface area contributed by atoms with Crippen molar-refractivity contribution in [3.8, 4) is 0 Å². The van der Waals surface area contributed by atoms with Crippen LogP contribution >= 0.6 is 0 Å². The van der Waals surface area contributed by atoms with Crippen molar-refractivity contribution in [3.05, 3.63) is 50.8 Å². The summed E-state index contributed by atoms with van der Waals surface area (Å²) in [7, 11) is 0. The number of nitrogens with one attached hydrogen (secondary N) is 2. The molecule has 0 spiro atoms. The lowest BCUT2D eigenvalue weighted by atomic mass is 10.2. The van der Waals surface area contributed by atoms with Gasteiger partial charge < -0.3 is 20.9 Å². The van der Waals surface area contributed by atoms with Gasteiger partial charge in [0.25, 0.3) is 5.56 Å². The number of carbonyl (C=O) groups excluding carboxylic acids is 1. The second kappa shape index (κ2) is 10.6. The highest BCUT2D eigenvalue weighted by Gasteiger charge is 2.21. The molecule has 2 heterocycles. The van der Waals surface area contributed by atoms with Crippen LogP contribution in [0, 0.1) is 0 Å². The summed E-state index contributed by atoms with van der Waals surface area (Å²) in [4.78, 5) is 38.0. The average molecular weight is 378 g/mol. The van der Waals surface area contributed by atoms with Crippen LogP contribution in [-0.2, 0) is 9.53 Å². The van der Waals surface area contributed by atoms with Gasteiger partial charge in [0, 0.05) is 18.8 Å². The van der Waals surface area contributed by atoms with Crippen molar-refractivity contribution < 1.29 is 14.6 Å². The van der Waals surface area contributed by atoms with Crippen molar-refractivity contribution in [3.63, 3.8) is 0 Å². The zero-order valence-corrected chi connectivity index (χ0v) is 15.1. The Morgan fingerprint density at radius 2 is 2.07 bits per heavy atom. The molecular weight excluding hydrogens is 352 g/mol. The first kappa shape index (κ1) is 20.8. The molecule has 1 aliphatic rings. The van der Waals surface area contributed by atoms with Crippen molar-refractivity contribution >= 4 is 12.0 Å². The first-order valence-electron chi connectivity index (χ1n) is 9.01. The molecule has 0 unspecified atom stereocenters. The summed E-state index contributed by atoms with van der Waals surface area (Å²) in [6.07, 6.45) is 9.83. The Hall–Kier alpha value is -2.49. The molecule has 0 aromatic carbocycles. The van der Waals surface area contributed by atoms with E-state index in [1.54, 1.807) is 12.2 Å². The zero-order chi connectivity index (χ0) is 19.6. The number of nitrogens with two attached hydrogens (primary N) is 1. The van der Waals surface area contributed by atoms with Crippen molar-refractivity contribution in [1.29, 1.82) is 0 Å². The number of nitrogens with zero attached hydrogens (tertiary/aromatic N) is 1. The Labute approximate surface area is 156 Å². The Kier molecular flexibility index (Phi) is 8.18. The molecule has 1 aliphatic heterocycles. The predicted octanol–water partition coefficient (Wildman–Crippen LogP) is -0.369. The number of aliphatic hydroxyl groups is 1. The lowest BCUT2D eigenvalue weighted by molar-refractivity contribution is -0.116. The molecule has 0 saturated carbocycles. The van der Waals surface area contributed by atoms with E-state index in [-0.39, 0.29) is 18.1 Å². The van der Waals surface area contributed by atoms with Gasteiger partial charge in [-0.15, -0.1) is 0 Å². The fourth-order valence-corrected chi connectivity index (χ4v) is 2.62. The van der Waals surface area contributed by atoms with Crippen LogP contribution in [0.25, 0.3) is 6.08 Å². The Morgan fingerprint density at radius 3 is 2.78 bits per heavy atom. The third-order valence-electron chi connectivity index (χ3n) is 4.10. The van der Waals surface area contributed by atoms with Gasteiger partial charge in [-0.1, -0.05) is 18.9 Å². The highest BCUT2D eigenvalue weighted by Crippen LogP contribution is 2.19. The molecule has 27 heavy (non-hydrogen) atoms. The summed E-state index contributed by atoms with van der Waals surface area (Å²) in [6.45, 7) is 1.02. The molecule has 148 valence electrons. The Bertz CT molecular complexity index is 796. The number of hydrogen-bond acceptors (Lipinski definition) is 6. The predicted molar refractivity (Wildman–Crippen MR) is 101 cm³/mol. The van der Waals surface area contributed by atoms with Crippen LogP contribution in [0.15, 0.2) is 34.0 Å². The number of rotatable bonds is 10. The second-order valence-electron chi connectivity index (χ2n) is 6.21. The third kappa shape index (κ3) is 6.31. The van der Waals surface area contributed by atoms with E-state index in [4.69, 9.17) is 15.6 Å². The first-order chi connectivity index (χ1) is 13.0. The van der Waals surface area contributed by atoms with Gasteiger partial charge >= 0.3 is 5.69 Å². The van der Waals surface area contributed by atoms with Crippen LogP contribution in [0.4, 0.5) is 0 Å². The molecule has 9 heteroatoms. The van der Waals surface area contributed by atoms with Gasteiger partial charge in [-0.05, 0) is 31.5 Å². The minimum Gasteiger partial charge on any atom is -0.393 e. The van der Waals surface area contributed by atoms with Crippen molar-refractivity contribution in [2.24, 2.45) is 5.73 Å². The highest BCUT2D eigenvalue weighted by atomic mass is 16.5. The van der Waals surface area contributed by atoms with Gasteiger partial charge in [-0.2, -0.15) is 0 Å². The maximum absolute atomic E-state index is 12.0. The van der Waals surface area contributed by atoms with Crippen LogP contribution in [-0.4, -0.2) is 46.4 Å². The average Bonchev–Trinajstić information content (AvgIpc) is 3.13. The summed E-state index contributed by atoms with van der Waals surface area (Å²) in [5, 5.41) is 11.8. The molecule has 1 aromatic heterocycles. The Balaban J connectivity index is 1.96. The monoisotopic (exact) mass is 378 g/mol. The van der Waals surface area contributed by atoms with Crippen LogP contribution in [0.1, 0.15) is 37.5 Å². The van der Waals surface area contributed by atoms with Gasteiger partial charge in [0.05, 0.1) is 12.2 Å². The summed E-state index contributed by atoms with van der Waals surface area (Å²) in [6, 6.07) is 0. The minimum atomic E-state index is -0.721. The van der Waals surface area contributed by atoms with Crippen molar-refractivity contribution in [2.45, 2.75) is 38.0 Å². The molecular formula is C18H26N4O5. The minimum absolute atomic E-state index is 0.150. The molecule has 9 nitrogen and oxygen atoms in total. The second-order valence-corrected chi connectivity index (χ2v) is 6.21. The lowest BCUT2D eigenvalue weighted by Gasteiger charge is -2.15. The number of hydrogen-bond donors (Lipinski definition) is 4. The normalized spacial score (nSPS) is 19.0. The number of aliphatic hydroxyl groups excluding tert-OH is 1. The fourth-order valence-electron chi connectivity index (χ4n) is 2.62.